The van der Waals surface area contributed by atoms with Crippen molar-refractivity contribution in [2.75, 3.05) is 5.73 Å². The topological polar surface area (TPSA) is 69.6 Å². The van der Waals surface area contributed by atoms with Crippen molar-refractivity contribution in [1.29, 1.82) is 0 Å². The van der Waals surface area contributed by atoms with E-state index in [1.54, 1.807) is 7.05 Å². The fraction of sp³-hybridized carbons (Fsp3) is 0.500. The molecule has 39 valence electrons. The third-order valence-corrected chi connectivity index (χ3v) is 0.653. The maximum absolute atomic E-state index is 5.17. The Bertz CT molecular complexity index is 143. The largest absolute Gasteiger partial charge is 0.367 e. The van der Waals surface area contributed by atoms with E-state index in [1.807, 2.05) is 0 Å². The summed E-state index contributed by atoms with van der Waals surface area (Å²) in [6, 6.07) is 0. The summed E-state index contributed by atoms with van der Waals surface area (Å²) in [5.41, 5.74) is 5.17. The number of rotatable bonds is 0. The number of hydrogen-bond donors (Lipinski definition) is 1. The molecule has 1 aromatic heterocycles. The first kappa shape index (κ1) is 7.87. The molecule has 0 saturated carbocycles. The van der Waals surface area contributed by atoms with Gasteiger partial charge in [0, 0.05) is 36.6 Å². The second-order valence-corrected chi connectivity index (χ2v) is 1.16. The number of anilines is 1. The van der Waals surface area contributed by atoms with Crippen molar-refractivity contribution in [3.05, 3.63) is 0 Å². The van der Waals surface area contributed by atoms with E-state index in [9.17, 15) is 0 Å². The monoisotopic (exact) mass is 122 g/mol. The first-order chi connectivity index (χ1) is 3.30. The molecule has 0 aromatic carbocycles. The molecule has 0 bridgehead atoms. The predicted octanol–water partition coefficient (Wildman–Crippen LogP) is -1.59. The molecule has 1 aromatic rings. The maximum atomic E-state index is 5.17. The molecule has 0 aliphatic rings. The Kier molecular flexibility index (Phi) is 2.96. The van der Waals surface area contributed by atoms with E-state index in [-0.39, 0.29) is 29.6 Å². The van der Waals surface area contributed by atoms with Gasteiger partial charge in [-0.1, -0.05) is 5.10 Å². The minimum atomic E-state index is 0. The van der Waals surface area contributed by atoms with Gasteiger partial charge in [-0.15, -0.1) is 0 Å². The molecule has 5 nitrogen and oxygen atoms in total. The predicted molar refractivity (Wildman–Crippen MR) is 29.0 cm³/mol. The summed E-state index contributed by atoms with van der Waals surface area (Å²) in [4.78, 5) is 0. The zero-order chi connectivity index (χ0) is 5.28. The van der Waals surface area contributed by atoms with Crippen molar-refractivity contribution in [2.45, 2.75) is 0 Å². The van der Waals surface area contributed by atoms with Gasteiger partial charge < -0.3 is 5.73 Å². The third-order valence-electron chi connectivity index (χ3n) is 0.653. The van der Waals surface area contributed by atoms with Crippen molar-refractivity contribution >= 4 is 35.5 Å². The SMILES string of the molecule is Cn1nnnc1N.[Na]. The summed E-state index contributed by atoms with van der Waals surface area (Å²) >= 11 is 0. The normalized spacial score (nSPS) is 8.12. The minimum Gasteiger partial charge on any atom is -0.367 e. The number of aryl methyl sites for hydroxylation is 1. The zero-order valence-electron chi connectivity index (χ0n) is 4.87. The Morgan fingerprint density at radius 1 is 1.62 bits per heavy atom. The van der Waals surface area contributed by atoms with Crippen LogP contribution in [0.3, 0.4) is 0 Å². The first-order valence-electron chi connectivity index (χ1n) is 1.78. The van der Waals surface area contributed by atoms with Gasteiger partial charge in [-0.3, -0.25) is 0 Å². The van der Waals surface area contributed by atoms with Crippen molar-refractivity contribution in [3.63, 3.8) is 0 Å². The van der Waals surface area contributed by atoms with Crippen LogP contribution in [0.5, 0.6) is 0 Å². The van der Waals surface area contributed by atoms with Crippen LogP contribution in [-0.4, -0.2) is 49.8 Å². The van der Waals surface area contributed by atoms with E-state index in [0.717, 1.165) is 0 Å². The van der Waals surface area contributed by atoms with E-state index >= 15 is 0 Å². The van der Waals surface area contributed by atoms with Crippen molar-refractivity contribution in [3.8, 4) is 0 Å². The summed E-state index contributed by atoms with van der Waals surface area (Å²) in [5, 5.41) is 10.1. The summed E-state index contributed by atoms with van der Waals surface area (Å²) in [5.74, 6) is 0.333. The summed E-state index contributed by atoms with van der Waals surface area (Å²) in [6.45, 7) is 0. The molecule has 0 aliphatic carbocycles. The Hall–Kier alpha value is -0.130. The van der Waals surface area contributed by atoms with Crippen LogP contribution in [0.1, 0.15) is 0 Å². The van der Waals surface area contributed by atoms with E-state index in [2.05, 4.69) is 15.5 Å². The van der Waals surface area contributed by atoms with Crippen molar-refractivity contribution in [1.82, 2.24) is 20.2 Å². The molecular weight excluding hydrogens is 117 g/mol. The van der Waals surface area contributed by atoms with Crippen LogP contribution in [-0.2, 0) is 7.05 Å². The molecule has 0 spiro atoms. The molecule has 1 radical (unpaired) electrons. The molecule has 2 N–H and O–H groups in total. The number of nitrogens with two attached hydrogens (primary N) is 1. The van der Waals surface area contributed by atoms with Crippen LogP contribution >= 0.6 is 0 Å². The molecule has 0 saturated heterocycles. The molecular formula is C2H5N5Na. The van der Waals surface area contributed by atoms with Crippen LogP contribution in [0, 0.1) is 0 Å². The smallest absolute Gasteiger partial charge is 0.240 e. The molecule has 1 rings (SSSR count). The van der Waals surface area contributed by atoms with E-state index in [1.165, 1.54) is 4.68 Å². The van der Waals surface area contributed by atoms with Gasteiger partial charge in [0.15, 0.2) is 0 Å². The average molecular weight is 122 g/mol. The maximum Gasteiger partial charge on any atom is 0.240 e. The minimum absolute atomic E-state index is 0. The standard InChI is InChI=1S/C2H5N5.Na/c1-7-2(3)4-5-6-7;/h1H3,(H2,3,4,6);. The van der Waals surface area contributed by atoms with Crippen molar-refractivity contribution < 1.29 is 0 Å². The average Bonchev–Trinajstić information content (AvgIpc) is 1.91. The Morgan fingerprint density at radius 3 is 2.38 bits per heavy atom. The van der Waals surface area contributed by atoms with Gasteiger partial charge in [0.2, 0.25) is 5.95 Å². The van der Waals surface area contributed by atoms with Gasteiger partial charge in [-0.05, 0) is 10.4 Å². The Balaban J connectivity index is 0.000000490. The molecule has 0 amide bonds. The number of tetrazole rings is 1. The number of hydrogen-bond acceptors (Lipinski definition) is 4. The molecule has 6 heteroatoms. The van der Waals surface area contributed by atoms with Crippen LogP contribution in [0.2, 0.25) is 0 Å². The van der Waals surface area contributed by atoms with E-state index in [4.69, 9.17) is 5.73 Å². The fourth-order valence-corrected chi connectivity index (χ4v) is 0.236. The first-order valence-corrected chi connectivity index (χ1v) is 1.78. The van der Waals surface area contributed by atoms with E-state index < -0.39 is 0 Å². The summed E-state index contributed by atoms with van der Waals surface area (Å²) < 4.78 is 1.39. The Labute approximate surface area is 68.5 Å². The van der Waals surface area contributed by atoms with Gasteiger partial charge >= 0.3 is 0 Å². The zero-order valence-corrected chi connectivity index (χ0v) is 6.87. The number of nitrogen functional groups attached to an aromatic ring is 1. The van der Waals surface area contributed by atoms with E-state index in [0.29, 0.717) is 5.95 Å². The Morgan fingerprint density at radius 2 is 2.25 bits per heavy atom. The number of aromatic nitrogens is 4. The van der Waals surface area contributed by atoms with Gasteiger partial charge in [0.05, 0.1) is 0 Å². The van der Waals surface area contributed by atoms with Crippen LogP contribution < -0.4 is 5.73 Å². The molecule has 0 fully saturated rings. The number of nitrogens with zero attached hydrogens (tertiary/aromatic N) is 4. The quantitative estimate of drug-likeness (QED) is 0.421. The summed E-state index contributed by atoms with van der Waals surface area (Å²) in [7, 11) is 1.68. The third kappa shape index (κ3) is 1.43. The van der Waals surface area contributed by atoms with Gasteiger partial charge in [-0.2, -0.15) is 0 Å². The van der Waals surface area contributed by atoms with Crippen molar-refractivity contribution in [2.24, 2.45) is 7.05 Å². The summed E-state index contributed by atoms with van der Waals surface area (Å²) in [6.07, 6.45) is 0. The van der Waals surface area contributed by atoms with Crippen LogP contribution in [0.15, 0.2) is 0 Å². The molecule has 0 atom stereocenters. The van der Waals surface area contributed by atoms with Gasteiger partial charge in [-0.25, -0.2) is 4.68 Å². The second kappa shape index (κ2) is 3.01. The molecule has 0 aliphatic heterocycles. The van der Waals surface area contributed by atoms with Crippen LogP contribution in [0.25, 0.3) is 0 Å². The van der Waals surface area contributed by atoms with Crippen LogP contribution in [0.4, 0.5) is 5.95 Å². The molecule has 0 unspecified atom stereocenters. The molecule has 8 heavy (non-hydrogen) atoms. The molecule has 1 heterocycles. The van der Waals surface area contributed by atoms with Gasteiger partial charge in [0.1, 0.15) is 0 Å². The second-order valence-electron chi connectivity index (χ2n) is 1.16. The fourth-order valence-electron chi connectivity index (χ4n) is 0.236. The van der Waals surface area contributed by atoms with Gasteiger partial charge in [0.25, 0.3) is 0 Å².